The van der Waals surface area contributed by atoms with Crippen LogP contribution in [0.25, 0.3) is 21.9 Å². The third-order valence-corrected chi connectivity index (χ3v) is 2.17. The lowest BCUT2D eigenvalue weighted by Crippen LogP contribution is -1.64. The zero-order valence-electron chi connectivity index (χ0n) is 7.02. The van der Waals surface area contributed by atoms with Crippen LogP contribution in [0.3, 0.4) is 0 Å². The van der Waals surface area contributed by atoms with Crippen molar-refractivity contribution in [2.24, 2.45) is 0 Å². The number of benzene rings is 1. The first-order valence-corrected chi connectivity index (χ1v) is 4.08. The number of hydrogen-bond donors (Lipinski definition) is 2. The van der Waals surface area contributed by atoms with E-state index >= 15 is 0 Å². The van der Waals surface area contributed by atoms with E-state index in [0.717, 1.165) is 10.8 Å². The molecule has 0 aliphatic rings. The van der Waals surface area contributed by atoms with Crippen molar-refractivity contribution >= 4 is 21.9 Å². The lowest BCUT2D eigenvalue weighted by atomic mass is 10.2. The Morgan fingerprint density at radius 3 is 1.64 bits per heavy atom. The van der Waals surface area contributed by atoms with Crippen molar-refractivity contribution < 1.29 is 19.0 Å². The van der Waals surface area contributed by atoms with E-state index in [1.54, 1.807) is 12.1 Å². The summed E-state index contributed by atoms with van der Waals surface area (Å²) in [4.78, 5) is 0. The Bertz CT molecular complexity index is 562. The standard InChI is InChI=1S/C10H6O4/c11-9-3-5-6-4-10(12)14-8(6)2-1-7(5)13-9/h1-4,11-12H. The van der Waals surface area contributed by atoms with Gasteiger partial charge in [0.05, 0.1) is 0 Å². The van der Waals surface area contributed by atoms with Gasteiger partial charge in [0.15, 0.2) is 0 Å². The van der Waals surface area contributed by atoms with E-state index in [1.807, 2.05) is 0 Å². The Morgan fingerprint density at radius 2 is 1.21 bits per heavy atom. The highest BCUT2D eigenvalue weighted by atomic mass is 16.5. The molecule has 0 fully saturated rings. The summed E-state index contributed by atoms with van der Waals surface area (Å²) in [5.74, 6) is -0.290. The molecule has 4 nitrogen and oxygen atoms in total. The Hall–Kier alpha value is -2.10. The van der Waals surface area contributed by atoms with E-state index in [-0.39, 0.29) is 11.9 Å². The van der Waals surface area contributed by atoms with Gasteiger partial charge < -0.3 is 19.0 Å². The molecule has 4 heteroatoms. The van der Waals surface area contributed by atoms with Crippen LogP contribution in [0.4, 0.5) is 0 Å². The topological polar surface area (TPSA) is 66.7 Å². The second kappa shape index (κ2) is 2.23. The molecule has 3 rings (SSSR count). The highest BCUT2D eigenvalue weighted by Gasteiger charge is 2.10. The smallest absolute Gasteiger partial charge is 0.282 e. The predicted molar refractivity (Wildman–Crippen MR) is 49.3 cm³/mol. The highest BCUT2D eigenvalue weighted by molar-refractivity contribution is 6.04. The molecule has 0 spiro atoms. The zero-order valence-corrected chi connectivity index (χ0v) is 7.02. The van der Waals surface area contributed by atoms with Crippen LogP contribution in [0.1, 0.15) is 0 Å². The molecule has 1 aromatic carbocycles. The van der Waals surface area contributed by atoms with Gasteiger partial charge in [-0.05, 0) is 12.1 Å². The van der Waals surface area contributed by atoms with Crippen LogP contribution in [0.2, 0.25) is 0 Å². The van der Waals surface area contributed by atoms with Gasteiger partial charge >= 0.3 is 0 Å². The zero-order chi connectivity index (χ0) is 9.71. The van der Waals surface area contributed by atoms with Crippen LogP contribution in [0.15, 0.2) is 33.1 Å². The van der Waals surface area contributed by atoms with Gasteiger partial charge in [0.1, 0.15) is 11.2 Å². The van der Waals surface area contributed by atoms with Crippen LogP contribution < -0.4 is 0 Å². The second-order valence-corrected chi connectivity index (χ2v) is 3.06. The maximum Gasteiger partial charge on any atom is 0.282 e. The van der Waals surface area contributed by atoms with Crippen LogP contribution in [0.5, 0.6) is 11.9 Å². The van der Waals surface area contributed by atoms with Crippen LogP contribution in [-0.2, 0) is 0 Å². The van der Waals surface area contributed by atoms with E-state index in [4.69, 9.17) is 19.0 Å². The summed E-state index contributed by atoms with van der Waals surface area (Å²) >= 11 is 0. The van der Waals surface area contributed by atoms with Crippen LogP contribution in [0, 0.1) is 0 Å². The van der Waals surface area contributed by atoms with Crippen molar-refractivity contribution in [3.8, 4) is 11.9 Å². The van der Waals surface area contributed by atoms with Crippen molar-refractivity contribution in [1.29, 1.82) is 0 Å². The maximum absolute atomic E-state index is 9.16. The molecular weight excluding hydrogens is 184 g/mol. The number of rotatable bonds is 0. The first-order chi connectivity index (χ1) is 6.74. The first-order valence-electron chi connectivity index (χ1n) is 4.08. The fourth-order valence-corrected chi connectivity index (χ4v) is 1.60. The summed E-state index contributed by atoms with van der Waals surface area (Å²) in [6, 6.07) is 6.35. The second-order valence-electron chi connectivity index (χ2n) is 3.06. The van der Waals surface area contributed by atoms with Gasteiger partial charge in [0, 0.05) is 22.9 Å². The first kappa shape index (κ1) is 7.32. The van der Waals surface area contributed by atoms with Gasteiger partial charge in [-0.2, -0.15) is 0 Å². The van der Waals surface area contributed by atoms with Gasteiger partial charge in [-0.15, -0.1) is 0 Å². The largest absolute Gasteiger partial charge is 0.481 e. The van der Waals surface area contributed by atoms with Gasteiger partial charge in [-0.1, -0.05) is 0 Å². The Labute approximate surface area is 78.0 Å². The lowest BCUT2D eigenvalue weighted by molar-refractivity contribution is 0.344. The Kier molecular flexibility index (Phi) is 1.16. The SMILES string of the molecule is Oc1cc2c(ccc3oc(O)cc32)o1. The summed E-state index contributed by atoms with van der Waals surface area (Å²) in [6.07, 6.45) is 0. The minimum atomic E-state index is -0.145. The third-order valence-electron chi connectivity index (χ3n) is 2.17. The van der Waals surface area contributed by atoms with Gasteiger partial charge in [0.25, 0.3) is 11.9 Å². The normalized spacial score (nSPS) is 11.4. The summed E-state index contributed by atoms with van der Waals surface area (Å²) in [6.45, 7) is 0. The minimum absolute atomic E-state index is 0.145. The minimum Gasteiger partial charge on any atom is -0.481 e. The maximum atomic E-state index is 9.16. The quantitative estimate of drug-likeness (QED) is 0.571. The van der Waals surface area contributed by atoms with Crippen molar-refractivity contribution in [3.05, 3.63) is 24.3 Å². The average Bonchev–Trinajstić information content (AvgIpc) is 2.65. The van der Waals surface area contributed by atoms with E-state index in [2.05, 4.69) is 0 Å². The van der Waals surface area contributed by atoms with Crippen LogP contribution >= 0.6 is 0 Å². The van der Waals surface area contributed by atoms with E-state index in [9.17, 15) is 0 Å². The number of hydrogen-bond acceptors (Lipinski definition) is 4. The van der Waals surface area contributed by atoms with Crippen LogP contribution in [-0.4, -0.2) is 10.2 Å². The van der Waals surface area contributed by atoms with Crippen molar-refractivity contribution in [2.75, 3.05) is 0 Å². The fraction of sp³-hybridized carbons (Fsp3) is 0. The average molecular weight is 190 g/mol. The molecular formula is C10H6O4. The lowest BCUT2D eigenvalue weighted by Gasteiger charge is -1.87. The highest BCUT2D eigenvalue weighted by Crippen LogP contribution is 2.34. The molecule has 0 unspecified atom stereocenters. The Morgan fingerprint density at radius 1 is 0.786 bits per heavy atom. The molecule has 0 atom stereocenters. The van der Waals surface area contributed by atoms with Gasteiger partial charge in [-0.25, -0.2) is 0 Å². The molecule has 2 heterocycles. The number of fused-ring (bicyclic) bond motifs is 3. The molecule has 0 aliphatic heterocycles. The van der Waals surface area contributed by atoms with Crippen molar-refractivity contribution in [2.45, 2.75) is 0 Å². The summed E-state index contributed by atoms with van der Waals surface area (Å²) in [7, 11) is 0. The number of furan rings is 2. The summed E-state index contributed by atoms with van der Waals surface area (Å²) in [5.41, 5.74) is 1.13. The van der Waals surface area contributed by atoms with Gasteiger partial charge in [0.2, 0.25) is 0 Å². The number of aromatic hydroxyl groups is 2. The molecule has 3 aromatic rings. The summed E-state index contributed by atoms with van der Waals surface area (Å²) in [5, 5.41) is 19.8. The molecule has 0 amide bonds. The van der Waals surface area contributed by atoms with E-state index < -0.39 is 0 Å². The van der Waals surface area contributed by atoms with Gasteiger partial charge in [-0.3, -0.25) is 0 Å². The Balaban J connectivity index is 2.58. The molecule has 0 radical (unpaired) electrons. The molecule has 0 aliphatic carbocycles. The molecule has 2 aromatic heterocycles. The van der Waals surface area contributed by atoms with E-state index in [1.165, 1.54) is 12.1 Å². The molecule has 0 saturated heterocycles. The molecule has 2 N–H and O–H groups in total. The molecule has 70 valence electrons. The fourth-order valence-electron chi connectivity index (χ4n) is 1.60. The molecule has 14 heavy (non-hydrogen) atoms. The van der Waals surface area contributed by atoms with E-state index in [0.29, 0.717) is 11.2 Å². The van der Waals surface area contributed by atoms with Crippen molar-refractivity contribution in [3.63, 3.8) is 0 Å². The monoisotopic (exact) mass is 190 g/mol. The predicted octanol–water partition coefficient (Wildman–Crippen LogP) is 2.59. The van der Waals surface area contributed by atoms with Crippen molar-refractivity contribution in [1.82, 2.24) is 0 Å². The molecule has 0 bridgehead atoms. The third kappa shape index (κ3) is 0.821. The molecule has 0 saturated carbocycles. The summed E-state index contributed by atoms with van der Waals surface area (Å²) < 4.78 is 10.0.